The van der Waals surface area contributed by atoms with Gasteiger partial charge in [-0.1, -0.05) is 0 Å². The van der Waals surface area contributed by atoms with E-state index in [1.165, 1.54) is 33.3 Å². The Balaban J connectivity index is 2.11. The molecule has 0 bridgehead atoms. The summed E-state index contributed by atoms with van der Waals surface area (Å²) < 4.78 is 21.6. The van der Waals surface area contributed by atoms with Gasteiger partial charge >= 0.3 is 0 Å². The summed E-state index contributed by atoms with van der Waals surface area (Å²) >= 11 is 0. The number of imide groups is 1. The molecule has 26 heavy (non-hydrogen) atoms. The molecule has 3 rings (SSSR count). The fourth-order valence-corrected chi connectivity index (χ4v) is 3.48. The molecule has 1 N–H and O–H groups in total. The lowest BCUT2D eigenvalue weighted by Crippen LogP contribution is -2.52. The third-order valence-electron chi connectivity index (χ3n) is 4.63. The largest absolute Gasteiger partial charge is 0.492 e. The van der Waals surface area contributed by atoms with Crippen LogP contribution < -0.4 is 24.3 Å². The van der Waals surface area contributed by atoms with Crippen molar-refractivity contribution in [2.75, 3.05) is 28.4 Å². The van der Waals surface area contributed by atoms with Crippen molar-refractivity contribution in [3.8, 4) is 23.0 Å². The Kier molecular flexibility index (Phi) is 4.62. The van der Waals surface area contributed by atoms with Crippen molar-refractivity contribution in [2.45, 2.75) is 25.4 Å². The zero-order valence-electron chi connectivity index (χ0n) is 15.0. The van der Waals surface area contributed by atoms with E-state index in [4.69, 9.17) is 18.9 Å². The average Bonchev–Trinajstić information content (AvgIpc) is 2.96. The topological polar surface area (TPSA) is 103 Å². The third-order valence-corrected chi connectivity index (χ3v) is 4.63. The quantitative estimate of drug-likeness (QED) is 0.758. The van der Waals surface area contributed by atoms with Gasteiger partial charge in [-0.2, -0.15) is 0 Å². The van der Waals surface area contributed by atoms with E-state index in [0.29, 0.717) is 17.1 Å². The van der Waals surface area contributed by atoms with E-state index in [1.54, 1.807) is 0 Å². The maximum Gasteiger partial charge on any atom is 0.259 e. The van der Waals surface area contributed by atoms with Gasteiger partial charge in [-0.05, 0) is 6.42 Å². The number of rotatable bonds is 5. The molecule has 1 saturated heterocycles. The minimum atomic E-state index is -0.737. The number of hydrogen-bond acceptors (Lipinski definition) is 7. The molecular weight excluding hydrogens is 344 g/mol. The van der Waals surface area contributed by atoms with E-state index in [1.807, 2.05) is 0 Å². The van der Waals surface area contributed by atoms with Crippen LogP contribution in [0.1, 0.15) is 28.8 Å². The minimum absolute atomic E-state index is 0.139. The monoisotopic (exact) mass is 364 g/mol. The number of ether oxygens (including phenoxy) is 4. The molecule has 2 aliphatic rings. The smallest absolute Gasteiger partial charge is 0.259 e. The van der Waals surface area contributed by atoms with E-state index in [-0.39, 0.29) is 48.3 Å². The molecule has 3 amide bonds. The van der Waals surface area contributed by atoms with Crippen LogP contribution in [0, 0.1) is 0 Å². The second-order valence-electron chi connectivity index (χ2n) is 5.89. The number of piperidine rings is 1. The van der Waals surface area contributed by atoms with Crippen LogP contribution in [0.4, 0.5) is 0 Å². The van der Waals surface area contributed by atoms with Crippen LogP contribution in [0.15, 0.2) is 0 Å². The Labute approximate surface area is 150 Å². The van der Waals surface area contributed by atoms with Gasteiger partial charge in [-0.25, -0.2) is 0 Å². The number of benzene rings is 1. The van der Waals surface area contributed by atoms with Gasteiger partial charge in [0.15, 0.2) is 11.5 Å². The van der Waals surface area contributed by atoms with Crippen LogP contribution in [-0.4, -0.2) is 57.1 Å². The molecule has 2 heterocycles. The summed E-state index contributed by atoms with van der Waals surface area (Å²) in [5, 5.41) is 2.27. The second kappa shape index (κ2) is 6.74. The van der Waals surface area contributed by atoms with Crippen molar-refractivity contribution in [3.05, 3.63) is 11.1 Å². The summed E-state index contributed by atoms with van der Waals surface area (Å²) in [6.45, 7) is 0.139. The highest BCUT2D eigenvalue weighted by Gasteiger charge is 2.44. The lowest BCUT2D eigenvalue weighted by atomic mass is 10.0. The standard InChI is InChI=1S/C17H20N2O7/c1-23-12-8-7-19(9-5-6-10(20)18-16(9)21)17(22)11(8)13(24-2)15(26-4)14(12)25-3/h9H,5-7H2,1-4H3,(H,18,20,21). The van der Waals surface area contributed by atoms with Crippen molar-refractivity contribution in [3.63, 3.8) is 0 Å². The zero-order chi connectivity index (χ0) is 19.0. The van der Waals surface area contributed by atoms with Crippen molar-refractivity contribution in [2.24, 2.45) is 0 Å². The van der Waals surface area contributed by atoms with Crippen molar-refractivity contribution < 1.29 is 33.3 Å². The van der Waals surface area contributed by atoms with Crippen molar-refractivity contribution in [1.29, 1.82) is 0 Å². The van der Waals surface area contributed by atoms with Crippen LogP contribution in [-0.2, 0) is 16.1 Å². The zero-order valence-corrected chi connectivity index (χ0v) is 15.0. The molecule has 0 aromatic heterocycles. The maximum absolute atomic E-state index is 13.1. The number of amides is 3. The summed E-state index contributed by atoms with van der Waals surface area (Å²) in [6.07, 6.45) is 0.445. The van der Waals surface area contributed by atoms with Gasteiger partial charge in [0.05, 0.1) is 40.5 Å². The van der Waals surface area contributed by atoms with E-state index >= 15 is 0 Å². The Morgan fingerprint density at radius 2 is 1.46 bits per heavy atom. The van der Waals surface area contributed by atoms with Gasteiger partial charge in [-0.15, -0.1) is 0 Å². The lowest BCUT2D eigenvalue weighted by molar-refractivity contribution is -0.136. The molecular formula is C17H20N2O7. The number of nitrogens with zero attached hydrogens (tertiary/aromatic N) is 1. The molecule has 0 aliphatic carbocycles. The summed E-state index contributed by atoms with van der Waals surface area (Å²) in [6, 6.07) is -0.737. The van der Waals surface area contributed by atoms with E-state index < -0.39 is 11.9 Å². The molecule has 9 nitrogen and oxygen atoms in total. The van der Waals surface area contributed by atoms with Crippen LogP contribution >= 0.6 is 0 Å². The summed E-state index contributed by atoms with van der Waals surface area (Å²) in [5.41, 5.74) is 0.823. The van der Waals surface area contributed by atoms with Crippen molar-refractivity contribution in [1.82, 2.24) is 10.2 Å². The van der Waals surface area contributed by atoms with Gasteiger partial charge in [0.1, 0.15) is 6.04 Å². The molecule has 2 aliphatic heterocycles. The number of methoxy groups -OCH3 is 4. The van der Waals surface area contributed by atoms with Crippen LogP contribution in [0.5, 0.6) is 23.0 Å². The summed E-state index contributed by atoms with van der Waals surface area (Å²) in [7, 11) is 5.78. The Morgan fingerprint density at radius 1 is 0.885 bits per heavy atom. The number of fused-ring (bicyclic) bond motifs is 1. The second-order valence-corrected chi connectivity index (χ2v) is 5.89. The predicted molar refractivity (Wildman–Crippen MR) is 88.7 cm³/mol. The van der Waals surface area contributed by atoms with E-state index in [9.17, 15) is 14.4 Å². The molecule has 1 aromatic carbocycles. The van der Waals surface area contributed by atoms with Gasteiger partial charge in [0, 0.05) is 12.0 Å². The highest BCUT2D eigenvalue weighted by molar-refractivity contribution is 6.07. The first-order valence-corrected chi connectivity index (χ1v) is 8.01. The van der Waals surface area contributed by atoms with Crippen LogP contribution in [0.25, 0.3) is 0 Å². The number of carbonyl (C=O) groups excluding carboxylic acids is 3. The Morgan fingerprint density at radius 3 is 2.00 bits per heavy atom. The summed E-state index contributed by atoms with van der Waals surface area (Å²) in [5.74, 6) is -0.0883. The maximum atomic E-state index is 13.1. The molecule has 140 valence electrons. The van der Waals surface area contributed by atoms with Gasteiger partial charge in [-0.3, -0.25) is 19.7 Å². The minimum Gasteiger partial charge on any atom is -0.492 e. The molecule has 0 spiro atoms. The normalized spacial score (nSPS) is 19.2. The molecule has 9 heteroatoms. The molecule has 1 aromatic rings. The average molecular weight is 364 g/mol. The Hall–Kier alpha value is -2.97. The molecule has 1 atom stereocenters. The first-order chi connectivity index (χ1) is 12.5. The highest BCUT2D eigenvalue weighted by Crippen LogP contribution is 2.52. The van der Waals surface area contributed by atoms with Crippen LogP contribution in [0.3, 0.4) is 0 Å². The molecule has 0 saturated carbocycles. The van der Waals surface area contributed by atoms with Gasteiger partial charge in [0.2, 0.25) is 23.3 Å². The molecule has 1 unspecified atom stereocenters. The van der Waals surface area contributed by atoms with Crippen molar-refractivity contribution >= 4 is 17.7 Å². The SMILES string of the molecule is COc1c2c(c(OC)c(OC)c1OC)C(=O)N(C1CCC(=O)NC1=O)C2. The molecule has 0 radical (unpaired) electrons. The number of carbonyl (C=O) groups is 3. The van der Waals surface area contributed by atoms with Gasteiger partial charge < -0.3 is 23.8 Å². The first-order valence-electron chi connectivity index (χ1n) is 8.01. The highest BCUT2D eigenvalue weighted by atomic mass is 16.5. The number of hydrogen-bond donors (Lipinski definition) is 1. The van der Waals surface area contributed by atoms with Crippen LogP contribution in [0.2, 0.25) is 0 Å². The first kappa shape index (κ1) is 17.8. The summed E-state index contributed by atoms with van der Waals surface area (Å²) in [4.78, 5) is 38.1. The fourth-order valence-electron chi connectivity index (χ4n) is 3.48. The third kappa shape index (κ3) is 2.51. The van der Waals surface area contributed by atoms with E-state index in [2.05, 4.69) is 5.32 Å². The molecule has 1 fully saturated rings. The van der Waals surface area contributed by atoms with Gasteiger partial charge in [0.25, 0.3) is 5.91 Å². The number of nitrogens with one attached hydrogen (secondary N) is 1. The predicted octanol–water partition coefficient (Wildman–Crippen LogP) is 0.482. The Bertz CT molecular complexity index is 790. The fraction of sp³-hybridized carbons (Fsp3) is 0.471. The lowest BCUT2D eigenvalue weighted by Gasteiger charge is -2.29. The van der Waals surface area contributed by atoms with E-state index in [0.717, 1.165) is 0 Å².